The van der Waals surface area contributed by atoms with Crippen LogP contribution in [0, 0.1) is 0 Å². The van der Waals surface area contributed by atoms with Gasteiger partial charge in [-0.2, -0.15) is 0 Å². The molecule has 6 heteroatoms. The van der Waals surface area contributed by atoms with E-state index in [-0.39, 0.29) is 0 Å². The van der Waals surface area contributed by atoms with Crippen LogP contribution < -0.4 is 11.1 Å². The van der Waals surface area contributed by atoms with Crippen LogP contribution in [0.5, 0.6) is 0 Å². The average Bonchev–Trinajstić information content (AvgIpc) is 2.69. The van der Waals surface area contributed by atoms with Crippen molar-refractivity contribution >= 4 is 23.2 Å². The normalized spacial score (nSPS) is 10.0. The van der Waals surface area contributed by atoms with Crippen LogP contribution in [0.15, 0.2) is 28.1 Å². The molecule has 3 N–H and O–H groups in total. The molecule has 2 aromatic rings. The van der Waals surface area contributed by atoms with Gasteiger partial charge < -0.3 is 10.3 Å². The quantitative estimate of drug-likeness (QED) is 0.792. The minimum Gasteiger partial charge on any atom is -0.353 e. The standard InChI is InChI=1S/C8H7N3O2S/c9-8(12)10-7-4-5(13-11-7)6-2-1-3-14-6/h1-4H,(H3,9,10,11,12). The third-order valence-electron chi connectivity index (χ3n) is 1.53. The van der Waals surface area contributed by atoms with E-state index in [1.807, 2.05) is 17.5 Å². The Morgan fingerprint density at radius 1 is 1.64 bits per heavy atom. The number of nitrogens with one attached hydrogen (secondary N) is 1. The Bertz CT molecular complexity index is 435. The third kappa shape index (κ3) is 1.74. The van der Waals surface area contributed by atoms with Crippen molar-refractivity contribution in [1.29, 1.82) is 0 Å². The fourth-order valence-corrected chi connectivity index (χ4v) is 1.67. The first-order valence-corrected chi connectivity index (χ1v) is 4.71. The Morgan fingerprint density at radius 2 is 2.50 bits per heavy atom. The predicted molar refractivity (Wildman–Crippen MR) is 53.0 cm³/mol. The van der Waals surface area contributed by atoms with Crippen LogP contribution in [0.25, 0.3) is 10.6 Å². The Morgan fingerprint density at radius 3 is 3.14 bits per heavy atom. The van der Waals surface area contributed by atoms with Gasteiger partial charge in [0.15, 0.2) is 11.6 Å². The molecular weight excluding hydrogens is 202 g/mol. The molecule has 0 aliphatic rings. The van der Waals surface area contributed by atoms with Gasteiger partial charge in [-0.05, 0) is 11.4 Å². The Balaban J connectivity index is 2.22. The van der Waals surface area contributed by atoms with Crippen LogP contribution in [-0.2, 0) is 0 Å². The summed E-state index contributed by atoms with van der Waals surface area (Å²) in [4.78, 5) is 11.5. The lowest BCUT2D eigenvalue weighted by atomic mass is 10.3. The van der Waals surface area contributed by atoms with Gasteiger partial charge in [-0.15, -0.1) is 11.3 Å². The molecule has 2 rings (SSSR count). The minimum absolute atomic E-state index is 0.320. The smallest absolute Gasteiger partial charge is 0.317 e. The summed E-state index contributed by atoms with van der Waals surface area (Å²) in [6, 6.07) is 4.77. The lowest BCUT2D eigenvalue weighted by Gasteiger charge is -1.90. The van der Waals surface area contributed by atoms with E-state index in [1.165, 1.54) is 11.3 Å². The van der Waals surface area contributed by atoms with Crippen LogP contribution in [0.3, 0.4) is 0 Å². The monoisotopic (exact) mass is 209 g/mol. The predicted octanol–water partition coefficient (Wildman–Crippen LogP) is 1.89. The highest BCUT2D eigenvalue weighted by molar-refractivity contribution is 7.13. The van der Waals surface area contributed by atoms with Gasteiger partial charge in [0.2, 0.25) is 0 Å². The van der Waals surface area contributed by atoms with Crippen LogP contribution in [0.2, 0.25) is 0 Å². The molecule has 2 amide bonds. The second-order valence-corrected chi connectivity index (χ2v) is 3.49. The summed E-state index contributed by atoms with van der Waals surface area (Å²) in [5.74, 6) is 0.935. The van der Waals surface area contributed by atoms with Gasteiger partial charge in [0.1, 0.15) is 0 Å². The van der Waals surface area contributed by atoms with Gasteiger partial charge >= 0.3 is 6.03 Å². The van der Waals surface area contributed by atoms with E-state index >= 15 is 0 Å². The molecule has 14 heavy (non-hydrogen) atoms. The van der Waals surface area contributed by atoms with Gasteiger partial charge in [0.25, 0.3) is 0 Å². The van der Waals surface area contributed by atoms with Gasteiger partial charge in [0.05, 0.1) is 4.88 Å². The summed E-state index contributed by atoms with van der Waals surface area (Å²) in [7, 11) is 0. The molecule has 0 spiro atoms. The number of carbonyl (C=O) groups is 1. The van der Waals surface area contributed by atoms with E-state index in [9.17, 15) is 4.79 Å². The van der Waals surface area contributed by atoms with Gasteiger partial charge in [-0.25, -0.2) is 4.79 Å². The number of rotatable bonds is 2. The van der Waals surface area contributed by atoms with Crippen molar-refractivity contribution < 1.29 is 9.32 Å². The molecule has 2 aromatic heterocycles. The maximum absolute atomic E-state index is 10.5. The summed E-state index contributed by atoms with van der Waals surface area (Å²) < 4.78 is 5.00. The number of anilines is 1. The van der Waals surface area contributed by atoms with Crippen molar-refractivity contribution in [3.05, 3.63) is 23.6 Å². The summed E-state index contributed by atoms with van der Waals surface area (Å²) >= 11 is 1.53. The summed E-state index contributed by atoms with van der Waals surface area (Å²) in [6.45, 7) is 0. The Hall–Kier alpha value is -1.82. The van der Waals surface area contributed by atoms with E-state index in [0.29, 0.717) is 11.6 Å². The van der Waals surface area contributed by atoms with Gasteiger partial charge in [0, 0.05) is 6.07 Å². The molecule has 2 heterocycles. The van der Waals surface area contributed by atoms with Crippen molar-refractivity contribution in [3.8, 4) is 10.6 Å². The zero-order valence-electron chi connectivity index (χ0n) is 7.06. The molecule has 72 valence electrons. The molecular formula is C8H7N3O2S. The SMILES string of the molecule is NC(=O)Nc1cc(-c2cccs2)on1. The Kier molecular flexibility index (Phi) is 2.19. The zero-order chi connectivity index (χ0) is 9.97. The first-order chi connectivity index (χ1) is 6.75. The molecule has 0 aromatic carbocycles. The molecule has 0 aliphatic carbocycles. The topological polar surface area (TPSA) is 81.2 Å². The van der Waals surface area contributed by atoms with Crippen molar-refractivity contribution in [2.75, 3.05) is 5.32 Å². The Labute approximate surface area is 83.5 Å². The van der Waals surface area contributed by atoms with E-state index in [4.69, 9.17) is 10.3 Å². The van der Waals surface area contributed by atoms with Gasteiger partial charge in [-0.1, -0.05) is 11.2 Å². The van der Waals surface area contributed by atoms with E-state index in [2.05, 4.69) is 10.5 Å². The molecule has 0 bridgehead atoms. The number of hydrogen-bond acceptors (Lipinski definition) is 4. The molecule has 0 unspecified atom stereocenters. The minimum atomic E-state index is -0.656. The fourth-order valence-electron chi connectivity index (χ4n) is 0.995. The lowest BCUT2D eigenvalue weighted by molar-refractivity contribution is 0.259. The maximum atomic E-state index is 10.5. The number of nitrogens with two attached hydrogens (primary N) is 1. The maximum Gasteiger partial charge on any atom is 0.317 e. The summed E-state index contributed by atoms with van der Waals surface area (Å²) in [5.41, 5.74) is 4.92. The van der Waals surface area contributed by atoms with Crippen LogP contribution in [0.4, 0.5) is 10.6 Å². The summed E-state index contributed by atoms with van der Waals surface area (Å²) in [5, 5.41) is 7.89. The number of thiophene rings is 1. The number of hydrogen-bond donors (Lipinski definition) is 2. The van der Waals surface area contributed by atoms with Crippen molar-refractivity contribution in [2.24, 2.45) is 5.73 Å². The number of urea groups is 1. The highest BCUT2D eigenvalue weighted by Crippen LogP contribution is 2.26. The molecule has 0 aliphatic heterocycles. The molecule has 0 radical (unpaired) electrons. The fraction of sp³-hybridized carbons (Fsp3) is 0. The third-order valence-corrected chi connectivity index (χ3v) is 2.41. The molecule has 0 atom stereocenters. The molecule has 0 saturated heterocycles. The van der Waals surface area contributed by atoms with Crippen LogP contribution in [-0.4, -0.2) is 11.2 Å². The van der Waals surface area contributed by atoms with E-state index < -0.39 is 6.03 Å². The number of nitrogens with zero attached hydrogens (tertiary/aromatic N) is 1. The first-order valence-electron chi connectivity index (χ1n) is 3.83. The van der Waals surface area contributed by atoms with E-state index in [0.717, 1.165) is 4.88 Å². The zero-order valence-corrected chi connectivity index (χ0v) is 7.88. The van der Waals surface area contributed by atoms with E-state index in [1.54, 1.807) is 6.07 Å². The molecule has 0 saturated carbocycles. The van der Waals surface area contributed by atoms with Crippen molar-refractivity contribution in [1.82, 2.24) is 5.16 Å². The summed E-state index contributed by atoms with van der Waals surface area (Å²) in [6.07, 6.45) is 0. The lowest BCUT2D eigenvalue weighted by Crippen LogP contribution is -2.19. The number of amides is 2. The number of aromatic nitrogens is 1. The van der Waals surface area contributed by atoms with Crippen LogP contribution >= 0.6 is 11.3 Å². The molecule has 5 nitrogen and oxygen atoms in total. The van der Waals surface area contributed by atoms with Crippen molar-refractivity contribution in [3.63, 3.8) is 0 Å². The van der Waals surface area contributed by atoms with Crippen molar-refractivity contribution in [2.45, 2.75) is 0 Å². The average molecular weight is 209 g/mol. The number of primary amides is 1. The van der Waals surface area contributed by atoms with Crippen LogP contribution in [0.1, 0.15) is 0 Å². The second-order valence-electron chi connectivity index (χ2n) is 2.54. The first kappa shape index (κ1) is 8.76. The molecule has 0 fully saturated rings. The number of carbonyl (C=O) groups excluding carboxylic acids is 1. The highest BCUT2D eigenvalue weighted by Gasteiger charge is 2.07. The largest absolute Gasteiger partial charge is 0.353 e. The highest BCUT2D eigenvalue weighted by atomic mass is 32.1. The second kappa shape index (κ2) is 3.51. The van der Waals surface area contributed by atoms with Gasteiger partial charge in [-0.3, -0.25) is 5.32 Å².